The predicted octanol–water partition coefficient (Wildman–Crippen LogP) is 2.70. The number of anilines is 1. The van der Waals surface area contributed by atoms with Crippen LogP contribution < -0.4 is 15.4 Å². The van der Waals surface area contributed by atoms with Gasteiger partial charge in [0.2, 0.25) is 5.91 Å². The first-order chi connectivity index (χ1) is 9.11. The first-order valence-corrected chi connectivity index (χ1v) is 7.27. The van der Waals surface area contributed by atoms with Crippen LogP contribution in [-0.2, 0) is 4.79 Å². The molecular weight excluding hydrogens is 308 g/mol. The minimum Gasteiger partial charge on any atom is -0.495 e. The van der Waals surface area contributed by atoms with Crippen LogP contribution in [0.1, 0.15) is 18.4 Å². The van der Waals surface area contributed by atoms with Crippen molar-refractivity contribution in [2.75, 3.05) is 25.5 Å². The topological polar surface area (TPSA) is 50.4 Å². The Morgan fingerprint density at radius 3 is 2.95 bits per heavy atom. The van der Waals surface area contributed by atoms with Gasteiger partial charge in [0.25, 0.3) is 0 Å². The number of rotatable bonds is 3. The highest BCUT2D eigenvalue weighted by Crippen LogP contribution is 2.32. The molecule has 1 saturated heterocycles. The van der Waals surface area contributed by atoms with E-state index in [1.165, 1.54) is 0 Å². The molecule has 1 aromatic carbocycles. The van der Waals surface area contributed by atoms with Crippen LogP contribution in [0.5, 0.6) is 5.75 Å². The minimum absolute atomic E-state index is 0.0431. The lowest BCUT2D eigenvalue weighted by atomic mass is 9.98. The van der Waals surface area contributed by atoms with E-state index in [0.29, 0.717) is 5.75 Å². The zero-order valence-corrected chi connectivity index (χ0v) is 12.8. The second-order valence-electron chi connectivity index (χ2n) is 4.83. The van der Waals surface area contributed by atoms with E-state index in [4.69, 9.17) is 4.74 Å². The van der Waals surface area contributed by atoms with E-state index in [1.54, 1.807) is 7.11 Å². The third-order valence-electron chi connectivity index (χ3n) is 3.40. The first-order valence-electron chi connectivity index (χ1n) is 6.47. The van der Waals surface area contributed by atoms with Crippen LogP contribution in [0.4, 0.5) is 5.69 Å². The lowest BCUT2D eigenvalue weighted by molar-refractivity contribution is -0.120. The van der Waals surface area contributed by atoms with Crippen molar-refractivity contribution in [2.45, 2.75) is 19.8 Å². The number of amides is 1. The molecule has 0 aromatic heterocycles. The highest BCUT2D eigenvalue weighted by atomic mass is 79.9. The van der Waals surface area contributed by atoms with Gasteiger partial charge in [0.1, 0.15) is 5.75 Å². The number of piperidine rings is 1. The molecule has 0 unspecified atom stereocenters. The minimum atomic E-state index is 0.0431. The smallest absolute Gasteiger partial charge is 0.228 e. The second kappa shape index (κ2) is 6.39. The van der Waals surface area contributed by atoms with Gasteiger partial charge in [0.15, 0.2) is 0 Å². The van der Waals surface area contributed by atoms with Gasteiger partial charge >= 0.3 is 0 Å². The number of hydrogen-bond donors (Lipinski definition) is 2. The van der Waals surface area contributed by atoms with Crippen molar-refractivity contribution in [1.29, 1.82) is 0 Å². The van der Waals surface area contributed by atoms with Gasteiger partial charge in [-0.15, -0.1) is 0 Å². The van der Waals surface area contributed by atoms with Crippen LogP contribution in [0, 0.1) is 12.8 Å². The maximum Gasteiger partial charge on any atom is 0.228 e. The number of halogens is 1. The summed E-state index contributed by atoms with van der Waals surface area (Å²) in [4.78, 5) is 12.3. The fraction of sp³-hybridized carbons (Fsp3) is 0.500. The van der Waals surface area contributed by atoms with Gasteiger partial charge in [-0.25, -0.2) is 0 Å². The molecule has 104 valence electrons. The summed E-state index contributed by atoms with van der Waals surface area (Å²) >= 11 is 3.43. The Balaban J connectivity index is 2.15. The maximum atomic E-state index is 12.3. The van der Waals surface area contributed by atoms with Crippen LogP contribution in [0.2, 0.25) is 0 Å². The molecule has 19 heavy (non-hydrogen) atoms. The largest absolute Gasteiger partial charge is 0.495 e. The number of hydrogen-bond acceptors (Lipinski definition) is 3. The van der Waals surface area contributed by atoms with E-state index in [0.717, 1.165) is 41.7 Å². The molecule has 0 aliphatic carbocycles. The standard InChI is InChI=1S/C14H19BrN2O2/c1-9-6-11(15)7-12(19-2)13(9)17-14(18)10-4-3-5-16-8-10/h6-7,10,16H,3-5,8H2,1-2H3,(H,17,18)/t10-/m1/s1. The molecular formula is C14H19BrN2O2. The Bertz CT molecular complexity index is 471. The monoisotopic (exact) mass is 326 g/mol. The van der Waals surface area contributed by atoms with Gasteiger partial charge in [-0.2, -0.15) is 0 Å². The molecule has 1 fully saturated rings. The number of ether oxygens (including phenoxy) is 1. The molecule has 1 atom stereocenters. The lowest BCUT2D eigenvalue weighted by Crippen LogP contribution is -2.37. The van der Waals surface area contributed by atoms with Crippen LogP contribution in [0.3, 0.4) is 0 Å². The molecule has 0 bridgehead atoms. The quantitative estimate of drug-likeness (QED) is 0.897. The normalized spacial score (nSPS) is 19.0. The average molecular weight is 327 g/mol. The van der Waals surface area contributed by atoms with Gasteiger partial charge < -0.3 is 15.4 Å². The zero-order valence-electron chi connectivity index (χ0n) is 11.3. The fourth-order valence-electron chi connectivity index (χ4n) is 2.33. The summed E-state index contributed by atoms with van der Waals surface area (Å²) < 4.78 is 6.28. The van der Waals surface area contributed by atoms with Crippen molar-refractivity contribution in [3.63, 3.8) is 0 Å². The van der Waals surface area contributed by atoms with Crippen LogP contribution >= 0.6 is 15.9 Å². The van der Waals surface area contributed by atoms with E-state index < -0.39 is 0 Å². The van der Waals surface area contributed by atoms with Gasteiger partial charge in [0, 0.05) is 11.0 Å². The van der Waals surface area contributed by atoms with E-state index in [2.05, 4.69) is 26.6 Å². The summed E-state index contributed by atoms with van der Waals surface area (Å²) in [6.07, 6.45) is 1.99. The van der Waals surface area contributed by atoms with Crippen molar-refractivity contribution >= 4 is 27.5 Å². The van der Waals surface area contributed by atoms with E-state index >= 15 is 0 Å². The third-order valence-corrected chi connectivity index (χ3v) is 3.86. The molecule has 0 radical (unpaired) electrons. The zero-order chi connectivity index (χ0) is 13.8. The fourth-order valence-corrected chi connectivity index (χ4v) is 2.89. The maximum absolute atomic E-state index is 12.3. The Morgan fingerprint density at radius 1 is 1.53 bits per heavy atom. The summed E-state index contributed by atoms with van der Waals surface area (Å²) in [6, 6.07) is 3.83. The SMILES string of the molecule is COc1cc(Br)cc(C)c1NC(=O)[C@@H]1CCCNC1. The molecule has 2 rings (SSSR count). The molecule has 4 nitrogen and oxygen atoms in total. The Hall–Kier alpha value is -1.07. The number of nitrogens with one attached hydrogen (secondary N) is 2. The summed E-state index contributed by atoms with van der Waals surface area (Å²) in [7, 11) is 1.61. The van der Waals surface area contributed by atoms with E-state index in [9.17, 15) is 4.79 Å². The number of aryl methyl sites for hydroxylation is 1. The molecule has 2 N–H and O–H groups in total. The predicted molar refractivity (Wildman–Crippen MR) is 79.7 cm³/mol. The Kier molecular flexibility index (Phi) is 4.82. The molecule has 1 aliphatic heterocycles. The highest BCUT2D eigenvalue weighted by Gasteiger charge is 2.22. The number of benzene rings is 1. The van der Waals surface area contributed by atoms with Crippen molar-refractivity contribution < 1.29 is 9.53 Å². The summed E-state index contributed by atoms with van der Waals surface area (Å²) in [5.74, 6) is 0.793. The molecule has 1 aliphatic rings. The molecule has 0 spiro atoms. The summed E-state index contributed by atoms with van der Waals surface area (Å²) in [6.45, 7) is 3.72. The van der Waals surface area contributed by atoms with Crippen LogP contribution in [-0.4, -0.2) is 26.1 Å². The molecule has 1 aromatic rings. The van der Waals surface area contributed by atoms with E-state index in [-0.39, 0.29) is 11.8 Å². The Labute approximate surface area is 122 Å². The molecule has 5 heteroatoms. The third kappa shape index (κ3) is 3.48. The summed E-state index contributed by atoms with van der Waals surface area (Å²) in [5, 5.41) is 6.26. The average Bonchev–Trinajstić information content (AvgIpc) is 2.42. The number of methoxy groups -OCH3 is 1. The highest BCUT2D eigenvalue weighted by molar-refractivity contribution is 9.10. The van der Waals surface area contributed by atoms with Crippen LogP contribution in [0.15, 0.2) is 16.6 Å². The summed E-state index contributed by atoms with van der Waals surface area (Å²) in [5.41, 5.74) is 1.75. The van der Waals surface area contributed by atoms with Gasteiger partial charge in [-0.1, -0.05) is 15.9 Å². The van der Waals surface area contributed by atoms with E-state index in [1.807, 2.05) is 19.1 Å². The Morgan fingerprint density at radius 2 is 2.32 bits per heavy atom. The molecule has 1 heterocycles. The van der Waals surface area contributed by atoms with Gasteiger partial charge in [0.05, 0.1) is 18.7 Å². The van der Waals surface area contributed by atoms with Crippen molar-refractivity contribution in [1.82, 2.24) is 5.32 Å². The van der Waals surface area contributed by atoms with Gasteiger partial charge in [-0.05, 0) is 44.0 Å². The number of carbonyl (C=O) groups is 1. The van der Waals surface area contributed by atoms with Crippen molar-refractivity contribution in [2.24, 2.45) is 5.92 Å². The van der Waals surface area contributed by atoms with Crippen molar-refractivity contribution in [3.05, 3.63) is 22.2 Å². The van der Waals surface area contributed by atoms with Crippen LogP contribution in [0.25, 0.3) is 0 Å². The lowest BCUT2D eigenvalue weighted by Gasteiger charge is -2.23. The van der Waals surface area contributed by atoms with Gasteiger partial charge in [-0.3, -0.25) is 4.79 Å². The molecule has 0 saturated carbocycles. The molecule has 1 amide bonds. The second-order valence-corrected chi connectivity index (χ2v) is 5.75. The van der Waals surface area contributed by atoms with Crippen molar-refractivity contribution in [3.8, 4) is 5.75 Å². The number of carbonyl (C=O) groups excluding carboxylic acids is 1. The first kappa shape index (κ1) is 14.3.